The summed E-state index contributed by atoms with van der Waals surface area (Å²) in [5, 5.41) is 6.60. The van der Waals surface area contributed by atoms with Crippen molar-refractivity contribution in [1.82, 2.24) is 20.4 Å². The maximum absolute atomic E-state index is 12.2. The number of hydrogen-bond acceptors (Lipinski definition) is 4. The van der Waals surface area contributed by atoms with Crippen molar-refractivity contribution in [3.63, 3.8) is 0 Å². The van der Waals surface area contributed by atoms with Crippen molar-refractivity contribution in [2.45, 2.75) is 33.1 Å². The number of rotatable bonds is 7. The van der Waals surface area contributed by atoms with Crippen molar-refractivity contribution >= 4 is 43.1 Å². The first-order valence-corrected chi connectivity index (χ1v) is 9.43. The Morgan fingerprint density at radius 1 is 1.15 bits per heavy atom. The third-order valence-electron chi connectivity index (χ3n) is 5.46. The molecule has 2 aliphatic rings. The van der Waals surface area contributed by atoms with E-state index in [4.69, 9.17) is 0 Å². The summed E-state index contributed by atoms with van der Waals surface area (Å²) < 4.78 is 0. The number of amides is 1. The van der Waals surface area contributed by atoms with Gasteiger partial charge in [0, 0.05) is 45.7 Å². The van der Waals surface area contributed by atoms with E-state index >= 15 is 0 Å². The van der Waals surface area contributed by atoms with Gasteiger partial charge in [-0.05, 0) is 50.7 Å². The van der Waals surface area contributed by atoms with Gasteiger partial charge in [0.1, 0.15) is 0 Å². The van der Waals surface area contributed by atoms with Crippen LogP contribution in [-0.2, 0) is 4.79 Å². The van der Waals surface area contributed by atoms with E-state index in [0.717, 1.165) is 52.4 Å². The molecule has 2 rings (SSSR count). The summed E-state index contributed by atoms with van der Waals surface area (Å²) in [6.07, 6.45) is 3.19. The maximum atomic E-state index is 12.2. The summed E-state index contributed by atoms with van der Waals surface area (Å²) in [5.41, 5.74) is 0. The first-order chi connectivity index (χ1) is 11.0. The van der Waals surface area contributed by atoms with E-state index < -0.39 is 0 Å². The van der Waals surface area contributed by atoms with Gasteiger partial charge in [-0.25, -0.2) is 0 Å². The largest absolute Gasteiger partial charge is 0.356 e. The number of hydrogen-bond donors (Lipinski definition) is 2. The van der Waals surface area contributed by atoms with Crippen molar-refractivity contribution in [2.24, 2.45) is 17.8 Å². The van der Waals surface area contributed by atoms with E-state index in [-0.39, 0.29) is 43.1 Å². The highest BCUT2D eigenvalue weighted by molar-refractivity contribution is 5.86. The summed E-state index contributed by atoms with van der Waals surface area (Å²) in [6, 6.07) is 0. The number of carbonyl (C=O) groups excluding carboxylic acids is 1. The molecule has 158 valence electrons. The second kappa shape index (κ2) is 15.2. The minimum Gasteiger partial charge on any atom is -0.356 e. The van der Waals surface area contributed by atoms with Gasteiger partial charge in [0.05, 0.1) is 0 Å². The van der Waals surface area contributed by atoms with Gasteiger partial charge < -0.3 is 20.4 Å². The molecular weight excluding hydrogens is 395 g/mol. The molecule has 0 saturated carbocycles. The van der Waals surface area contributed by atoms with Gasteiger partial charge >= 0.3 is 0 Å². The van der Waals surface area contributed by atoms with E-state index in [1.165, 1.54) is 12.8 Å². The second-order valence-electron chi connectivity index (χ2n) is 7.80. The Hall–Kier alpha value is 0.220. The molecule has 0 radical (unpaired) electrons. The molecule has 0 aromatic heterocycles. The number of nitrogens with zero attached hydrogens (tertiary/aromatic N) is 2. The molecule has 2 aliphatic heterocycles. The molecule has 2 saturated heterocycles. The third kappa shape index (κ3) is 10.5. The zero-order valence-electron chi connectivity index (χ0n) is 16.5. The highest BCUT2D eigenvalue weighted by Crippen LogP contribution is 2.22. The van der Waals surface area contributed by atoms with Crippen LogP contribution >= 0.6 is 37.2 Å². The Morgan fingerprint density at radius 2 is 1.81 bits per heavy atom. The summed E-state index contributed by atoms with van der Waals surface area (Å²) in [6.45, 7) is 13.2. The van der Waals surface area contributed by atoms with Crippen LogP contribution < -0.4 is 10.6 Å². The lowest BCUT2D eigenvalue weighted by molar-refractivity contribution is -0.122. The average molecular weight is 434 g/mol. The van der Waals surface area contributed by atoms with Crippen LogP contribution in [0.25, 0.3) is 0 Å². The molecule has 26 heavy (non-hydrogen) atoms. The third-order valence-corrected chi connectivity index (χ3v) is 5.46. The van der Waals surface area contributed by atoms with Crippen LogP contribution in [-0.4, -0.2) is 75.1 Å². The van der Waals surface area contributed by atoms with Crippen LogP contribution in [0.15, 0.2) is 0 Å². The fraction of sp³-hybridized carbons (Fsp3) is 0.944. The Bertz CT molecular complexity index is 362. The normalized spacial score (nSPS) is 23.6. The molecular formula is C18H39Cl3N4O. The van der Waals surface area contributed by atoms with E-state index in [1.54, 1.807) is 0 Å². The molecule has 0 spiro atoms. The lowest BCUT2D eigenvalue weighted by Gasteiger charge is -2.34. The predicted octanol–water partition coefficient (Wildman–Crippen LogP) is 2.28. The quantitative estimate of drug-likeness (QED) is 0.646. The van der Waals surface area contributed by atoms with Gasteiger partial charge in [0.2, 0.25) is 5.91 Å². The lowest BCUT2D eigenvalue weighted by Crippen LogP contribution is -2.47. The molecule has 0 bridgehead atoms. The highest BCUT2D eigenvalue weighted by Gasteiger charge is 2.22. The lowest BCUT2D eigenvalue weighted by atomic mass is 9.85. The van der Waals surface area contributed by atoms with Crippen molar-refractivity contribution in [2.75, 3.05) is 59.4 Å². The average Bonchev–Trinajstić information content (AvgIpc) is 2.56. The second-order valence-corrected chi connectivity index (χ2v) is 7.80. The maximum Gasteiger partial charge on any atom is 0.220 e. The van der Waals surface area contributed by atoms with Gasteiger partial charge in [-0.15, -0.1) is 37.2 Å². The van der Waals surface area contributed by atoms with E-state index in [2.05, 4.69) is 41.3 Å². The fourth-order valence-corrected chi connectivity index (χ4v) is 3.72. The Morgan fingerprint density at radius 3 is 2.38 bits per heavy atom. The number of carbonyl (C=O) groups is 1. The van der Waals surface area contributed by atoms with E-state index in [1.807, 2.05) is 0 Å². The summed E-state index contributed by atoms with van der Waals surface area (Å²) in [5.74, 6) is 1.90. The standard InChI is InChI=1S/C18H36N4O.3ClH/c1-15(14-22-9-7-21(3)8-10-22)12-20-18(23)11-16(2)17-5-4-6-19-13-17;;;/h15-17,19H,4-14H2,1-3H3,(H,20,23);3*1H. The molecule has 3 unspecified atom stereocenters. The van der Waals surface area contributed by atoms with Crippen LogP contribution in [0.4, 0.5) is 0 Å². The zero-order chi connectivity index (χ0) is 16.7. The Kier molecular flexibility index (Phi) is 16.6. The number of likely N-dealkylation sites (N-methyl/N-ethyl adjacent to an activating group) is 1. The number of piperazine rings is 1. The number of piperidine rings is 1. The summed E-state index contributed by atoms with van der Waals surface area (Å²) >= 11 is 0. The van der Waals surface area contributed by atoms with Gasteiger partial charge in [0.15, 0.2) is 0 Å². The zero-order valence-corrected chi connectivity index (χ0v) is 19.0. The first kappa shape index (κ1) is 28.4. The van der Waals surface area contributed by atoms with Crippen LogP contribution in [0.5, 0.6) is 0 Å². The predicted molar refractivity (Wildman–Crippen MR) is 117 cm³/mol. The first-order valence-electron chi connectivity index (χ1n) is 9.43. The molecule has 8 heteroatoms. The Labute approximate surface area is 178 Å². The minimum atomic E-state index is 0. The minimum absolute atomic E-state index is 0. The van der Waals surface area contributed by atoms with Crippen molar-refractivity contribution in [3.8, 4) is 0 Å². The topological polar surface area (TPSA) is 47.6 Å². The van der Waals surface area contributed by atoms with E-state index in [0.29, 0.717) is 24.2 Å². The van der Waals surface area contributed by atoms with Crippen molar-refractivity contribution in [3.05, 3.63) is 0 Å². The summed E-state index contributed by atoms with van der Waals surface area (Å²) in [4.78, 5) is 17.1. The van der Waals surface area contributed by atoms with Gasteiger partial charge in [-0.1, -0.05) is 13.8 Å². The van der Waals surface area contributed by atoms with Crippen LogP contribution in [0.3, 0.4) is 0 Å². The summed E-state index contributed by atoms with van der Waals surface area (Å²) in [7, 11) is 2.18. The van der Waals surface area contributed by atoms with Crippen molar-refractivity contribution < 1.29 is 4.79 Å². The van der Waals surface area contributed by atoms with Gasteiger partial charge in [-0.2, -0.15) is 0 Å². The fourth-order valence-electron chi connectivity index (χ4n) is 3.72. The van der Waals surface area contributed by atoms with Crippen LogP contribution in [0.2, 0.25) is 0 Å². The number of nitrogens with one attached hydrogen (secondary N) is 2. The molecule has 2 N–H and O–H groups in total. The molecule has 3 atom stereocenters. The number of halogens is 3. The molecule has 5 nitrogen and oxygen atoms in total. The molecule has 1 amide bonds. The molecule has 2 fully saturated rings. The monoisotopic (exact) mass is 432 g/mol. The molecule has 0 aromatic rings. The van der Waals surface area contributed by atoms with Crippen LogP contribution in [0, 0.1) is 17.8 Å². The van der Waals surface area contributed by atoms with E-state index in [9.17, 15) is 4.79 Å². The van der Waals surface area contributed by atoms with Gasteiger partial charge in [-0.3, -0.25) is 4.79 Å². The van der Waals surface area contributed by atoms with Gasteiger partial charge in [0.25, 0.3) is 0 Å². The molecule has 2 heterocycles. The molecule has 0 aliphatic carbocycles. The smallest absolute Gasteiger partial charge is 0.220 e. The SMILES string of the molecule is CC(CNC(=O)CC(C)C1CCCNC1)CN1CCN(C)CC1.Cl.Cl.Cl. The van der Waals surface area contributed by atoms with Crippen molar-refractivity contribution in [1.29, 1.82) is 0 Å². The highest BCUT2D eigenvalue weighted by atomic mass is 35.5. The Balaban J connectivity index is 0. The molecule has 0 aromatic carbocycles. The van der Waals surface area contributed by atoms with Crippen LogP contribution in [0.1, 0.15) is 33.1 Å².